The summed E-state index contributed by atoms with van der Waals surface area (Å²) in [4.78, 5) is 18.6. The van der Waals surface area contributed by atoms with Crippen LogP contribution >= 0.6 is 0 Å². The third-order valence-corrected chi connectivity index (χ3v) is 3.86. The van der Waals surface area contributed by atoms with Crippen LogP contribution in [0.15, 0.2) is 0 Å². The largest absolute Gasteiger partial charge is 0.325 e. The van der Waals surface area contributed by atoms with Crippen molar-refractivity contribution >= 4 is 6.03 Å². The fourth-order valence-electron chi connectivity index (χ4n) is 2.51. The Morgan fingerprint density at radius 2 is 1.69 bits per heavy atom. The first-order chi connectivity index (χ1) is 7.68. The second kappa shape index (κ2) is 5.04. The number of piperidine rings is 1. The molecular weight excluding hydrogens is 202 g/mol. The van der Waals surface area contributed by atoms with Crippen molar-refractivity contribution in [1.29, 1.82) is 0 Å². The number of hydrogen-bond donors (Lipinski definition) is 0. The van der Waals surface area contributed by atoms with E-state index in [4.69, 9.17) is 0 Å². The first kappa shape index (κ1) is 11.7. The van der Waals surface area contributed by atoms with Gasteiger partial charge in [-0.25, -0.2) is 4.79 Å². The van der Waals surface area contributed by atoms with Crippen LogP contribution in [-0.2, 0) is 0 Å². The van der Waals surface area contributed by atoms with Crippen molar-refractivity contribution in [3.8, 4) is 0 Å². The van der Waals surface area contributed by atoms with E-state index < -0.39 is 0 Å². The molecule has 0 aliphatic carbocycles. The fraction of sp³-hybridized carbons (Fsp3) is 0.917. The van der Waals surface area contributed by atoms with Crippen LogP contribution in [0.5, 0.6) is 0 Å². The molecule has 2 heterocycles. The lowest BCUT2D eigenvalue weighted by molar-refractivity contribution is 0.0917. The smallest absolute Gasteiger partial charge is 0.320 e. The molecule has 2 rings (SSSR count). The van der Waals surface area contributed by atoms with Gasteiger partial charge in [0.1, 0.15) is 0 Å². The van der Waals surface area contributed by atoms with Gasteiger partial charge in [0.25, 0.3) is 0 Å². The summed E-state index contributed by atoms with van der Waals surface area (Å²) in [5, 5.41) is 0. The second-order valence-corrected chi connectivity index (χ2v) is 5.11. The zero-order valence-corrected chi connectivity index (χ0v) is 10.5. The number of likely N-dealkylation sites (tertiary alicyclic amines) is 1. The zero-order chi connectivity index (χ0) is 11.5. The van der Waals surface area contributed by atoms with Gasteiger partial charge in [-0.05, 0) is 33.2 Å². The van der Waals surface area contributed by atoms with Gasteiger partial charge in [-0.15, -0.1) is 0 Å². The number of carbonyl (C=O) groups is 1. The summed E-state index contributed by atoms with van der Waals surface area (Å²) in [6.45, 7) is 6.87. The van der Waals surface area contributed by atoms with Crippen molar-refractivity contribution in [2.24, 2.45) is 0 Å². The van der Waals surface area contributed by atoms with Gasteiger partial charge in [-0.3, -0.25) is 0 Å². The van der Waals surface area contributed by atoms with Gasteiger partial charge in [0.2, 0.25) is 0 Å². The van der Waals surface area contributed by atoms with Crippen molar-refractivity contribution in [1.82, 2.24) is 14.7 Å². The number of nitrogens with zero attached hydrogens (tertiary/aromatic N) is 3. The second-order valence-electron chi connectivity index (χ2n) is 5.11. The Balaban J connectivity index is 1.89. The first-order valence-electron chi connectivity index (χ1n) is 6.42. The number of rotatable bonds is 0. The third kappa shape index (κ3) is 2.48. The van der Waals surface area contributed by atoms with Crippen LogP contribution in [0.2, 0.25) is 0 Å². The highest BCUT2D eigenvalue weighted by Crippen LogP contribution is 2.14. The van der Waals surface area contributed by atoms with Crippen LogP contribution in [0.4, 0.5) is 4.79 Å². The molecule has 0 aromatic heterocycles. The standard InChI is InChI=1S/C12H23N3O/c1-11-10-15(9-8-13(11)2)12(16)14-6-4-3-5-7-14/h11H,3-10H2,1-2H3. The number of carbonyl (C=O) groups excluding carboxylic acids is 1. The number of piperazine rings is 1. The summed E-state index contributed by atoms with van der Waals surface area (Å²) >= 11 is 0. The maximum atomic E-state index is 12.2. The lowest BCUT2D eigenvalue weighted by Crippen LogP contribution is -2.55. The molecule has 2 amide bonds. The molecule has 0 aromatic carbocycles. The maximum Gasteiger partial charge on any atom is 0.320 e. The SMILES string of the molecule is CC1CN(C(=O)N2CCCCC2)CCN1C. The van der Waals surface area contributed by atoms with Crippen LogP contribution in [0.25, 0.3) is 0 Å². The molecule has 16 heavy (non-hydrogen) atoms. The topological polar surface area (TPSA) is 26.8 Å². The van der Waals surface area contributed by atoms with Crippen LogP contribution in [0.1, 0.15) is 26.2 Å². The molecule has 0 N–H and O–H groups in total. The number of amides is 2. The monoisotopic (exact) mass is 225 g/mol. The molecule has 2 aliphatic heterocycles. The predicted molar refractivity (Wildman–Crippen MR) is 64.5 cm³/mol. The van der Waals surface area contributed by atoms with Crippen LogP contribution in [-0.4, -0.2) is 66.5 Å². The Morgan fingerprint density at radius 1 is 1.00 bits per heavy atom. The van der Waals surface area contributed by atoms with E-state index in [-0.39, 0.29) is 6.03 Å². The van der Waals surface area contributed by atoms with Gasteiger partial charge in [-0.1, -0.05) is 0 Å². The van der Waals surface area contributed by atoms with Crippen molar-refractivity contribution in [2.45, 2.75) is 32.2 Å². The summed E-state index contributed by atoms with van der Waals surface area (Å²) in [6.07, 6.45) is 3.63. The Morgan fingerprint density at radius 3 is 2.31 bits per heavy atom. The lowest BCUT2D eigenvalue weighted by atomic mass is 10.1. The Labute approximate surface area is 98.2 Å². The van der Waals surface area contributed by atoms with Gasteiger partial charge in [0.15, 0.2) is 0 Å². The van der Waals surface area contributed by atoms with Gasteiger partial charge in [0, 0.05) is 38.8 Å². The van der Waals surface area contributed by atoms with E-state index in [0.29, 0.717) is 6.04 Å². The quantitative estimate of drug-likeness (QED) is 0.620. The normalized spacial score (nSPS) is 28.2. The van der Waals surface area contributed by atoms with E-state index in [1.54, 1.807) is 0 Å². The Bertz CT molecular complexity index is 251. The molecule has 2 aliphatic rings. The highest BCUT2D eigenvalue weighted by molar-refractivity contribution is 5.74. The number of likely N-dealkylation sites (N-methyl/N-ethyl adjacent to an activating group) is 1. The first-order valence-corrected chi connectivity index (χ1v) is 6.42. The molecule has 92 valence electrons. The van der Waals surface area contributed by atoms with E-state index >= 15 is 0 Å². The van der Waals surface area contributed by atoms with E-state index in [1.165, 1.54) is 19.3 Å². The van der Waals surface area contributed by atoms with Gasteiger partial charge >= 0.3 is 6.03 Å². The van der Waals surface area contributed by atoms with Crippen LogP contribution in [0.3, 0.4) is 0 Å². The van der Waals surface area contributed by atoms with Crippen molar-refractivity contribution in [2.75, 3.05) is 39.8 Å². The van der Waals surface area contributed by atoms with Crippen molar-refractivity contribution in [3.63, 3.8) is 0 Å². The number of urea groups is 1. The molecule has 4 nitrogen and oxygen atoms in total. The molecule has 2 saturated heterocycles. The van der Waals surface area contributed by atoms with Gasteiger partial charge < -0.3 is 14.7 Å². The van der Waals surface area contributed by atoms with E-state index in [9.17, 15) is 4.79 Å². The third-order valence-electron chi connectivity index (χ3n) is 3.86. The predicted octanol–water partition coefficient (Wildman–Crippen LogP) is 1.23. The van der Waals surface area contributed by atoms with E-state index in [0.717, 1.165) is 32.7 Å². The summed E-state index contributed by atoms with van der Waals surface area (Å²) in [5.74, 6) is 0. The molecule has 2 fully saturated rings. The molecule has 4 heteroatoms. The van der Waals surface area contributed by atoms with Gasteiger partial charge in [0.05, 0.1) is 0 Å². The van der Waals surface area contributed by atoms with E-state index in [2.05, 4.69) is 18.9 Å². The zero-order valence-electron chi connectivity index (χ0n) is 10.5. The molecule has 0 saturated carbocycles. The molecular formula is C12H23N3O. The van der Waals surface area contributed by atoms with Crippen LogP contribution in [0, 0.1) is 0 Å². The molecule has 0 aromatic rings. The maximum absolute atomic E-state index is 12.2. The molecule has 0 spiro atoms. The van der Waals surface area contributed by atoms with E-state index in [1.807, 2.05) is 9.80 Å². The van der Waals surface area contributed by atoms with Crippen LogP contribution < -0.4 is 0 Å². The lowest BCUT2D eigenvalue weighted by Gasteiger charge is -2.40. The molecule has 1 unspecified atom stereocenters. The minimum atomic E-state index is 0.264. The fourth-order valence-corrected chi connectivity index (χ4v) is 2.51. The summed E-state index contributed by atoms with van der Waals surface area (Å²) < 4.78 is 0. The summed E-state index contributed by atoms with van der Waals surface area (Å²) in [5.41, 5.74) is 0. The molecule has 0 bridgehead atoms. The molecule has 0 radical (unpaired) electrons. The average molecular weight is 225 g/mol. The Hall–Kier alpha value is -0.770. The Kier molecular flexibility index (Phi) is 3.69. The highest BCUT2D eigenvalue weighted by Gasteiger charge is 2.28. The minimum Gasteiger partial charge on any atom is -0.325 e. The van der Waals surface area contributed by atoms with Crippen molar-refractivity contribution in [3.05, 3.63) is 0 Å². The summed E-state index contributed by atoms with van der Waals surface area (Å²) in [7, 11) is 2.13. The minimum absolute atomic E-state index is 0.264. The summed E-state index contributed by atoms with van der Waals surface area (Å²) in [6, 6.07) is 0.752. The molecule has 1 atom stereocenters. The highest BCUT2D eigenvalue weighted by atomic mass is 16.2. The number of hydrogen-bond acceptors (Lipinski definition) is 2. The van der Waals surface area contributed by atoms with Gasteiger partial charge in [-0.2, -0.15) is 0 Å². The average Bonchev–Trinajstić information content (AvgIpc) is 2.33. The van der Waals surface area contributed by atoms with Crippen molar-refractivity contribution < 1.29 is 4.79 Å².